The number of morpholine rings is 1. The van der Waals surface area contributed by atoms with Crippen LogP contribution in [0.4, 0.5) is 5.82 Å². The summed E-state index contributed by atoms with van der Waals surface area (Å²) in [6.45, 7) is 6.01. The molecule has 8 heteroatoms. The maximum atomic E-state index is 12.6. The number of H-pyrrole nitrogens is 1. The van der Waals surface area contributed by atoms with Crippen molar-refractivity contribution in [2.45, 2.75) is 0 Å². The van der Waals surface area contributed by atoms with E-state index in [-0.39, 0.29) is 5.91 Å². The number of carbonyl (C=O) groups is 1. The first-order valence-corrected chi connectivity index (χ1v) is 11.9. The fraction of sp³-hybridized carbons (Fsp3) is 0.296. The summed E-state index contributed by atoms with van der Waals surface area (Å²) in [7, 11) is 0. The number of piperazine rings is 1. The lowest BCUT2D eigenvalue weighted by Crippen LogP contribution is -2.44. The third kappa shape index (κ3) is 5.27. The minimum absolute atomic E-state index is 0.0427. The van der Waals surface area contributed by atoms with Gasteiger partial charge in [-0.1, -0.05) is 18.2 Å². The molecule has 0 spiro atoms. The number of hydrogen-bond acceptors (Lipinski definition) is 6. The molecule has 0 unspecified atom stereocenters. The second kappa shape index (κ2) is 10.6. The van der Waals surface area contributed by atoms with Gasteiger partial charge in [0.15, 0.2) is 0 Å². The van der Waals surface area contributed by atoms with Crippen LogP contribution in [-0.4, -0.2) is 73.3 Å². The van der Waals surface area contributed by atoms with E-state index in [0.717, 1.165) is 54.5 Å². The molecule has 0 atom stereocenters. The Morgan fingerprint density at radius 3 is 2.54 bits per heavy atom. The number of ether oxygens (including phenoxy) is 1. The summed E-state index contributed by atoms with van der Waals surface area (Å²) in [5.41, 5.74) is 5.02. The van der Waals surface area contributed by atoms with Crippen molar-refractivity contribution in [1.29, 1.82) is 5.26 Å². The number of amides is 1. The lowest BCUT2D eigenvalue weighted by Gasteiger charge is -2.28. The van der Waals surface area contributed by atoms with Crippen molar-refractivity contribution in [3.05, 3.63) is 71.0 Å². The molecule has 2 N–H and O–H groups in total. The van der Waals surface area contributed by atoms with Gasteiger partial charge in [-0.05, 0) is 42.0 Å². The third-order valence-corrected chi connectivity index (χ3v) is 6.35. The predicted octanol–water partition coefficient (Wildman–Crippen LogP) is 3.00. The summed E-state index contributed by atoms with van der Waals surface area (Å²) >= 11 is 0. The molecular formula is C27H28N6O2. The zero-order chi connectivity index (χ0) is 24.0. The highest BCUT2D eigenvalue weighted by Crippen LogP contribution is 2.28. The Morgan fingerprint density at radius 1 is 1.03 bits per heavy atom. The lowest BCUT2D eigenvalue weighted by molar-refractivity contribution is 0.0303. The van der Waals surface area contributed by atoms with Gasteiger partial charge in [0.2, 0.25) is 0 Å². The van der Waals surface area contributed by atoms with Gasteiger partial charge in [0.25, 0.3) is 5.91 Å². The number of anilines is 1. The summed E-state index contributed by atoms with van der Waals surface area (Å²) in [4.78, 5) is 24.6. The molecule has 2 fully saturated rings. The molecule has 0 radical (unpaired) electrons. The second-order valence-electron chi connectivity index (χ2n) is 8.62. The molecular weight excluding hydrogens is 440 g/mol. The smallest absolute Gasteiger partial charge is 0.254 e. The summed E-state index contributed by atoms with van der Waals surface area (Å²) < 4.78 is 5.33. The van der Waals surface area contributed by atoms with E-state index >= 15 is 0 Å². The summed E-state index contributed by atoms with van der Waals surface area (Å²) in [5.74, 6) is 0.922. The first kappa shape index (κ1) is 22.8. The molecule has 2 aromatic heterocycles. The molecule has 2 aliphatic heterocycles. The van der Waals surface area contributed by atoms with Gasteiger partial charge >= 0.3 is 0 Å². The zero-order valence-corrected chi connectivity index (χ0v) is 19.5. The first-order valence-electron chi connectivity index (χ1n) is 11.9. The van der Waals surface area contributed by atoms with E-state index in [1.165, 1.54) is 0 Å². The van der Waals surface area contributed by atoms with E-state index in [0.29, 0.717) is 37.4 Å². The molecule has 8 nitrogen and oxygen atoms in total. The predicted molar refractivity (Wildman–Crippen MR) is 136 cm³/mol. The minimum Gasteiger partial charge on any atom is -0.378 e. The number of nitrogens with zero attached hydrogens (tertiary/aromatic N) is 4. The zero-order valence-electron chi connectivity index (χ0n) is 19.5. The average Bonchev–Trinajstić information content (AvgIpc) is 3.38. The van der Waals surface area contributed by atoms with Gasteiger partial charge < -0.3 is 24.8 Å². The number of rotatable bonds is 5. The van der Waals surface area contributed by atoms with Crippen LogP contribution in [0.15, 0.2) is 48.7 Å². The maximum absolute atomic E-state index is 12.6. The number of benzene rings is 1. The molecule has 0 aliphatic carbocycles. The van der Waals surface area contributed by atoms with Crippen LogP contribution in [0.25, 0.3) is 23.4 Å². The van der Waals surface area contributed by atoms with Crippen molar-refractivity contribution in [2.75, 3.05) is 57.4 Å². The Bertz CT molecular complexity index is 1250. The fourth-order valence-electron chi connectivity index (χ4n) is 4.40. The molecule has 1 aromatic carbocycles. The quantitative estimate of drug-likeness (QED) is 0.598. The number of hydrogen-bond donors (Lipinski definition) is 2. The van der Waals surface area contributed by atoms with Gasteiger partial charge in [0.1, 0.15) is 11.9 Å². The van der Waals surface area contributed by atoms with Crippen molar-refractivity contribution in [2.24, 2.45) is 0 Å². The monoisotopic (exact) mass is 468 g/mol. The average molecular weight is 469 g/mol. The fourth-order valence-corrected chi connectivity index (χ4v) is 4.40. The van der Waals surface area contributed by atoms with Crippen LogP contribution in [0, 0.1) is 11.3 Å². The number of nitrogens with one attached hydrogen (secondary N) is 2. The van der Waals surface area contributed by atoms with E-state index in [2.05, 4.69) is 26.3 Å². The Kier molecular flexibility index (Phi) is 6.89. The van der Waals surface area contributed by atoms with Crippen LogP contribution < -0.4 is 10.2 Å². The Balaban J connectivity index is 1.30. The number of carbonyl (C=O) groups excluding carboxylic acids is 1. The first-order chi connectivity index (χ1) is 17.2. The van der Waals surface area contributed by atoms with Gasteiger partial charge in [0.05, 0.1) is 24.5 Å². The number of aromatic amines is 1. The van der Waals surface area contributed by atoms with Crippen LogP contribution in [-0.2, 0) is 4.74 Å². The van der Waals surface area contributed by atoms with Crippen LogP contribution in [0.3, 0.4) is 0 Å². The SMILES string of the molecule is N#Cc1cc(-c2ccnc(/C=C/c3ccc(C(=O)N4CCOCC4)cc3)c2)[nH]c1N1CCNCC1. The normalized spacial score (nSPS) is 16.4. The van der Waals surface area contributed by atoms with Crippen molar-refractivity contribution in [3.63, 3.8) is 0 Å². The molecule has 35 heavy (non-hydrogen) atoms. The second-order valence-corrected chi connectivity index (χ2v) is 8.62. The van der Waals surface area contributed by atoms with Crippen molar-refractivity contribution >= 4 is 23.9 Å². The topological polar surface area (TPSA) is 97.3 Å². The van der Waals surface area contributed by atoms with Crippen molar-refractivity contribution in [1.82, 2.24) is 20.2 Å². The lowest BCUT2D eigenvalue weighted by atomic mass is 10.1. The molecule has 2 aliphatic rings. The van der Waals surface area contributed by atoms with Gasteiger partial charge in [0, 0.05) is 62.3 Å². The Hall–Kier alpha value is -3.93. The van der Waals surface area contributed by atoms with Gasteiger partial charge in [-0.3, -0.25) is 9.78 Å². The number of pyridine rings is 1. The van der Waals surface area contributed by atoms with Crippen molar-refractivity contribution < 1.29 is 9.53 Å². The molecule has 1 amide bonds. The van der Waals surface area contributed by atoms with E-state index in [1.807, 2.05) is 59.5 Å². The van der Waals surface area contributed by atoms with Gasteiger partial charge in [-0.2, -0.15) is 5.26 Å². The van der Waals surface area contributed by atoms with Crippen LogP contribution >= 0.6 is 0 Å². The summed E-state index contributed by atoms with van der Waals surface area (Å²) in [6, 6.07) is 15.8. The highest BCUT2D eigenvalue weighted by molar-refractivity contribution is 5.94. The maximum Gasteiger partial charge on any atom is 0.254 e. The summed E-state index contributed by atoms with van der Waals surface area (Å²) in [6.07, 6.45) is 5.71. The molecule has 4 heterocycles. The highest BCUT2D eigenvalue weighted by atomic mass is 16.5. The number of aromatic nitrogens is 2. The van der Waals surface area contributed by atoms with E-state index < -0.39 is 0 Å². The third-order valence-electron chi connectivity index (χ3n) is 6.35. The largest absolute Gasteiger partial charge is 0.378 e. The van der Waals surface area contributed by atoms with Crippen LogP contribution in [0.1, 0.15) is 27.2 Å². The van der Waals surface area contributed by atoms with Crippen LogP contribution in [0.2, 0.25) is 0 Å². The summed E-state index contributed by atoms with van der Waals surface area (Å²) in [5, 5.41) is 13.0. The standard InChI is InChI=1S/C27H28N6O2/c28-19-23-18-25(31-26(23)32-11-9-29-10-12-32)22-7-8-30-24(17-22)6-3-20-1-4-21(5-2-20)27(34)33-13-15-35-16-14-33/h1-8,17-18,29,31H,9-16H2/b6-3+. The molecule has 5 rings (SSSR count). The molecule has 2 saturated heterocycles. The van der Waals surface area contributed by atoms with Crippen molar-refractivity contribution in [3.8, 4) is 17.3 Å². The number of nitriles is 1. The van der Waals surface area contributed by atoms with E-state index in [1.54, 1.807) is 6.20 Å². The van der Waals surface area contributed by atoms with Gasteiger partial charge in [-0.15, -0.1) is 0 Å². The highest BCUT2D eigenvalue weighted by Gasteiger charge is 2.19. The molecule has 0 saturated carbocycles. The molecule has 3 aromatic rings. The van der Waals surface area contributed by atoms with Gasteiger partial charge in [-0.25, -0.2) is 0 Å². The van der Waals surface area contributed by atoms with Crippen LogP contribution in [0.5, 0.6) is 0 Å². The molecule has 178 valence electrons. The molecule has 0 bridgehead atoms. The van der Waals surface area contributed by atoms with E-state index in [9.17, 15) is 10.1 Å². The Labute approximate surface area is 204 Å². The minimum atomic E-state index is 0.0427. The van der Waals surface area contributed by atoms with E-state index in [4.69, 9.17) is 4.74 Å². The Morgan fingerprint density at radius 2 is 1.80 bits per heavy atom.